The summed E-state index contributed by atoms with van der Waals surface area (Å²) in [7, 11) is 0. The predicted octanol–water partition coefficient (Wildman–Crippen LogP) is 1.75. The summed E-state index contributed by atoms with van der Waals surface area (Å²) < 4.78 is 0. The van der Waals surface area contributed by atoms with Gasteiger partial charge in [0.1, 0.15) is 6.04 Å². The topological polar surface area (TPSA) is 39.1 Å². The van der Waals surface area contributed by atoms with Crippen LogP contribution in [0.25, 0.3) is 0 Å². The van der Waals surface area contributed by atoms with Crippen molar-refractivity contribution in [1.82, 2.24) is 10.2 Å². The van der Waals surface area contributed by atoms with E-state index in [2.05, 4.69) is 30.1 Å². The van der Waals surface area contributed by atoms with Gasteiger partial charge in [-0.15, -0.1) is 0 Å². The number of nitrogens with one attached hydrogen (secondary N) is 1. The van der Waals surface area contributed by atoms with Crippen LogP contribution in [0.3, 0.4) is 0 Å². The molecule has 2 fully saturated rings. The quantitative estimate of drug-likeness (QED) is 0.712. The summed E-state index contributed by atoms with van der Waals surface area (Å²) >= 11 is 0. The lowest BCUT2D eigenvalue weighted by Gasteiger charge is -2.26. The zero-order valence-corrected chi connectivity index (χ0v) is 10.4. The molecule has 16 heavy (non-hydrogen) atoms. The van der Waals surface area contributed by atoms with Gasteiger partial charge in [-0.3, -0.25) is 10.2 Å². The Morgan fingerprint density at radius 3 is 2.38 bits per heavy atom. The molecule has 1 atom stereocenters. The molecule has 0 aliphatic heterocycles. The van der Waals surface area contributed by atoms with Crippen LogP contribution in [-0.4, -0.2) is 36.1 Å². The molecule has 3 heteroatoms. The van der Waals surface area contributed by atoms with Gasteiger partial charge in [0.15, 0.2) is 0 Å². The average Bonchev–Trinajstić information content (AvgIpc) is 3.08. The van der Waals surface area contributed by atoms with Crippen LogP contribution in [0, 0.1) is 17.2 Å². The normalized spacial score (nSPS) is 22.4. The van der Waals surface area contributed by atoms with Gasteiger partial charge in [0, 0.05) is 25.2 Å². The minimum absolute atomic E-state index is 0.0341. The van der Waals surface area contributed by atoms with Gasteiger partial charge in [-0.25, -0.2) is 0 Å². The van der Waals surface area contributed by atoms with Crippen molar-refractivity contribution in [1.29, 1.82) is 5.26 Å². The van der Waals surface area contributed by atoms with Crippen LogP contribution >= 0.6 is 0 Å². The number of nitriles is 1. The maximum absolute atomic E-state index is 9.15. The summed E-state index contributed by atoms with van der Waals surface area (Å²) in [6.45, 7) is 6.56. The molecule has 1 unspecified atom stereocenters. The van der Waals surface area contributed by atoms with Gasteiger partial charge in [-0.05, 0) is 31.6 Å². The predicted molar refractivity (Wildman–Crippen MR) is 65.0 cm³/mol. The van der Waals surface area contributed by atoms with Crippen molar-refractivity contribution in [3.05, 3.63) is 0 Å². The van der Waals surface area contributed by atoms with E-state index < -0.39 is 0 Å². The summed E-state index contributed by atoms with van der Waals surface area (Å²) in [5.41, 5.74) is 0. The first-order valence-electron chi connectivity index (χ1n) is 6.58. The fraction of sp³-hybridized carbons (Fsp3) is 0.923. The smallest absolute Gasteiger partial charge is 0.108 e. The molecule has 0 bridgehead atoms. The monoisotopic (exact) mass is 221 g/mol. The van der Waals surface area contributed by atoms with Gasteiger partial charge in [-0.2, -0.15) is 5.26 Å². The maximum atomic E-state index is 9.15. The van der Waals surface area contributed by atoms with E-state index in [0.717, 1.165) is 19.1 Å². The van der Waals surface area contributed by atoms with Crippen LogP contribution in [0.15, 0.2) is 0 Å². The van der Waals surface area contributed by atoms with E-state index in [9.17, 15) is 0 Å². The first-order chi connectivity index (χ1) is 7.69. The van der Waals surface area contributed by atoms with E-state index in [-0.39, 0.29) is 6.04 Å². The fourth-order valence-corrected chi connectivity index (χ4v) is 2.18. The minimum Gasteiger partial charge on any atom is -0.298 e. The van der Waals surface area contributed by atoms with E-state index in [1.54, 1.807) is 0 Å². The van der Waals surface area contributed by atoms with Gasteiger partial charge in [0.2, 0.25) is 0 Å². The molecule has 2 rings (SSSR count). The molecule has 2 saturated carbocycles. The Balaban J connectivity index is 1.79. The lowest BCUT2D eigenvalue weighted by molar-refractivity contribution is 0.221. The third kappa shape index (κ3) is 3.77. The second-order valence-electron chi connectivity index (χ2n) is 5.70. The summed E-state index contributed by atoms with van der Waals surface area (Å²) in [5.74, 6) is 0.695. The van der Waals surface area contributed by atoms with Crippen LogP contribution < -0.4 is 5.32 Å². The lowest BCUT2D eigenvalue weighted by Crippen LogP contribution is -2.43. The molecule has 2 aliphatic rings. The van der Waals surface area contributed by atoms with Crippen molar-refractivity contribution in [3.63, 3.8) is 0 Å². The molecule has 1 N–H and O–H groups in total. The molecule has 0 spiro atoms. The van der Waals surface area contributed by atoms with Gasteiger partial charge in [0.05, 0.1) is 6.07 Å². The van der Waals surface area contributed by atoms with Crippen molar-refractivity contribution in [3.8, 4) is 6.07 Å². The van der Waals surface area contributed by atoms with Crippen molar-refractivity contribution in [2.75, 3.05) is 13.1 Å². The summed E-state index contributed by atoms with van der Waals surface area (Å²) in [5, 5.41) is 12.6. The number of hydrogen-bond acceptors (Lipinski definition) is 3. The third-order valence-electron chi connectivity index (χ3n) is 3.25. The Hall–Kier alpha value is -0.590. The molecule has 0 saturated heterocycles. The van der Waals surface area contributed by atoms with Gasteiger partial charge in [0.25, 0.3) is 0 Å². The highest BCUT2D eigenvalue weighted by atomic mass is 15.2. The van der Waals surface area contributed by atoms with Crippen LogP contribution in [0.2, 0.25) is 0 Å². The van der Waals surface area contributed by atoms with Gasteiger partial charge in [-0.1, -0.05) is 13.8 Å². The van der Waals surface area contributed by atoms with Crippen LogP contribution in [0.4, 0.5) is 0 Å². The molecule has 90 valence electrons. The number of nitrogens with zero attached hydrogens (tertiary/aromatic N) is 2. The van der Waals surface area contributed by atoms with Gasteiger partial charge >= 0.3 is 0 Å². The van der Waals surface area contributed by atoms with Crippen molar-refractivity contribution < 1.29 is 0 Å². The Labute approximate surface area is 98.8 Å². The van der Waals surface area contributed by atoms with Crippen molar-refractivity contribution in [2.24, 2.45) is 5.92 Å². The van der Waals surface area contributed by atoms with E-state index in [4.69, 9.17) is 5.26 Å². The molecule has 0 aromatic heterocycles. The SMILES string of the molecule is CC(C)CN(CC(C#N)NC1CC1)C1CC1. The zero-order valence-electron chi connectivity index (χ0n) is 10.4. The summed E-state index contributed by atoms with van der Waals surface area (Å²) in [6.07, 6.45) is 5.17. The van der Waals surface area contributed by atoms with E-state index >= 15 is 0 Å². The van der Waals surface area contributed by atoms with E-state index in [1.807, 2.05) is 0 Å². The fourth-order valence-electron chi connectivity index (χ4n) is 2.18. The first kappa shape index (κ1) is 11.9. The van der Waals surface area contributed by atoms with Crippen LogP contribution in [-0.2, 0) is 0 Å². The molecular weight excluding hydrogens is 198 g/mol. The molecule has 0 heterocycles. The zero-order chi connectivity index (χ0) is 11.5. The van der Waals surface area contributed by atoms with E-state index in [1.165, 1.54) is 25.7 Å². The first-order valence-corrected chi connectivity index (χ1v) is 6.58. The molecular formula is C13H23N3. The Bertz CT molecular complexity index is 261. The second-order valence-corrected chi connectivity index (χ2v) is 5.70. The second kappa shape index (κ2) is 5.16. The van der Waals surface area contributed by atoms with Crippen LogP contribution in [0.1, 0.15) is 39.5 Å². The molecule has 2 aliphatic carbocycles. The average molecular weight is 221 g/mol. The Kier molecular flexibility index (Phi) is 3.83. The number of hydrogen-bond donors (Lipinski definition) is 1. The largest absolute Gasteiger partial charge is 0.298 e. The molecule has 0 aromatic rings. The van der Waals surface area contributed by atoms with Crippen molar-refractivity contribution >= 4 is 0 Å². The molecule has 0 amide bonds. The van der Waals surface area contributed by atoms with Crippen molar-refractivity contribution in [2.45, 2.75) is 57.7 Å². The molecule has 0 radical (unpaired) electrons. The van der Waals surface area contributed by atoms with Crippen LogP contribution in [0.5, 0.6) is 0 Å². The molecule has 3 nitrogen and oxygen atoms in total. The highest BCUT2D eigenvalue weighted by molar-refractivity contribution is 4.99. The lowest BCUT2D eigenvalue weighted by atomic mass is 10.2. The molecule has 0 aromatic carbocycles. The minimum atomic E-state index is 0.0341. The summed E-state index contributed by atoms with van der Waals surface area (Å²) in [6, 6.07) is 3.83. The standard InChI is InChI=1S/C13H23N3/c1-10(2)8-16(13-5-6-13)9-12(7-14)15-11-3-4-11/h10-13,15H,3-6,8-9H2,1-2H3. The number of rotatable bonds is 7. The third-order valence-corrected chi connectivity index (χ3v) is 3.25. The highest BCUT2D eigenvalue weighted by Crippen LogP contribution is 2.28. The summed E-state index contributed by atoms with van der Waals surface area (Å²) in [4.78, 5) is 2.51. The Morgan fingerprint density at radius 2 is 1.94 bits per heavy atom. The van der Waals surface area contributed by atoms with Gasteiger partial charge < -0.3 is 0 Å². The Morgan fingerprint density at radius 1 is 1.25 bits per heavy atom. The highest BCUT2D eigenvalue weighted by Gasteiger charge is 2.32. The maximum Gasteiger partial charge on any atom is 0.108 e. The van der Waals surface area contributed by atoms with E-state index in [0.29, 0.717) is 12.0 Å².